The molecule has 3 aliphatic rings. The zero-order valence-electron chi connectivity index (χ0n) is 41.2. The summed E-state index contributed by atoms with van der Waals surface area (Å²) >= 11 is 1.90. The number of thioether (sulfide) groups is 1. The first-order chi connectivity index (χ1) is 32.6. The molecule has 4 rings (SSSR count). The number of hydrogen-bond donors (Lipinski definition) is 5. The Hall–Kier alpha value is -3.86. The Labute approximate surface area is 402 Å². The van der Waals surface area contributed by atoms with Crippen LogP contribution >= 0.6 is 11.8 Å². The topological polar surface area (TPSA) is 229 Å². The molecule has 1 aromatic rings. The van der Waals surface area contributed by atoms with Gasteiger partial charge in [0.15, 0.2) is 0 Å². The van der Waals surface area contributed by atoms with E-state index in [2.05, 4.69) is 41.8 Å². The van der Waals surface area contributed by atoms with Gasteiger partial charge < -0.3 is 60.1 Å². The van der Waals surface area contributed by atoms with Gasteiger partial charge in [-0.1, -0.05) is 38.5 Å². The number of methoxy groups -OCH3 is 1. The van der Waals surface area contributed by atoms with E-state index in [-0.39, 0.29) is 66.6 Å². The number of urea groups is 1. The predicted molar refractivity (Wildman–Crippen MR) is 258 cm³/mol. The monoisotopic (exact) mass is 967 g/mol. The largest absolute Gasteiger partial charge is 0.379 e. The summed E-state index contributed by atoms with van der Waals surface area (Å²) in [5, 5.41) is 23.7. The van der Waals surface area contributed by atoms with Crippen LogP contribution in [0.25, 0.3) is 0 Å². The summed E-state index contributed by atoms with van der Waals surface area (Å²) in [6.07, 6.45) is 9.36. The maximum absolute atomic E-state index is 13.4. The van der Waals surface area contributed by atoms with E-state index in [0.717, 1.165) is 42.8 Å². The van der Waals surface area contributed by atoms with Crippen molar-refractivity contribution in [1.82, 2.24) is 51.4 Å². The molecule has 4 heterocycles. The fourth-order valence-electron chi connectivity index (χ4n) is 7.96. The third-order valence-corrected chi connectivity index (χ3v) is 13.1. The van der Waals surface area contributed by atoms with Crippen molar-refractivity contribution >= 4 is 41.4 Å². The highest BCUT2D eigenvalue weighted by Crippen LogP contribution is 2.33. The van der Waals surface area contributed by atoms with E-state index >= 15 is 0 Å². The number of ether oxygens (including phenoxy) is 5. The van der Waals surface area contributed by atoms with Gasteiger partial charge in [0, 0.05) is 115 Å². The highest BCUT2D eigenvalue weighted by Gasteiger charge is 2.42. The van der Waals surface area contributed by atoms with Gasteiger partial charge in [-0.3, -0.25) is 19.2 Å². The molecule has 382 valence electrons. The predicted octanol–water partition coefficient (Wildman–Crippen LogP) is 2.22. The molecule has 20 nitrogen and oxygen atoms in total. The van der Waals surface area contributed by atoms with Crippen molar-refractivity contribution in [2.45, 2.75) is 115 Å². The average molecular weight is 967 g/mol. The number of rotatable bonds is 33. The van der Waals surface area contributed by atoms with Gasteiger partial charge in [0.25, 0.3) is 0 Å². The fourth-order valence-corrected chi connectivity index (χ4v) is 9.51. The number of nitrogens with zero attached hydrogens (tertiary/aromatic N) is 5. The van der Waals surface area contributed by atoms with Crippen LogP contribution in [0.2, 0.25) is 0 Å². The Kier molecular flexibility index (Phi) is 29.5. The van der Waals surface area contributed by atoms with E-state index in [1.807, 2.05) is 55.2 Å². The Bertz CT molecular complexity index is 1620. The lowest BCUT2D eigenvalue weighted by atomic mass is 9.96. The summed E-state index contributed by atoms with van der Waals surface area (Å²) in [7, 11) is 5.22. The van der Waals surface area contributed by atoms with Crippen LogP contribution < -0.4 is 26.6 Å². The van der Waals surface area contributed by atoms with Crippen LogP contribution in [0.15, 0.2) is 12.2 Å². The molecular formula is C46H82N10O10S. The first kappa shape index (κ1) is 57.5. The lowest BCUT2D eigenvalue weighted by Gasteiger charge is -2.32. The number of carbonyl (C=O) groups excluding carboxylic acids is 5. The number of aromatic nitrogens is 3. The molecule has 0 aliphatic carbocycles. The van der Waals surface area contributed by atoms with Gasteiger partial charge in [-0.15, -0.1) is 5.10 Å². The molecule has 67 heavy (non-hydrogen) atoms. The molecule has 5 N–H and O–H groups in total. The van der Waals surface area contributed by atoms with Crippen LogP contribution in [0.5, 0.6) is 0 Å². The van der Waals surface area contributed by atoms with Crippen molar-refractivity contribution in [3.05, 3.63) is 23.5 Å². The summed E-state index contributed by atoms with van der Waals surface area (Å²) in [5.41, 5.74) is 1.74. The third kappa shape index (κ3) is 22.4. The van der Waals surface area contributed by atoms with Gasteiger partial charge in [-0.05, 0) is 39.2 Å². The zero-order valence-corrected chi connectivity index (χ0v) is 42.0. The Morgan fingerprint density at radius 1 is 0.866 bits per heavy atom. The molecule has 6 amide bonds. The standard InChI is InChI=1S/C44H76N10O10S.C2H6/c1-33-31-53(20-16-35-42(43(33)60-4)50-51-54(35)22-26-63-25-21-52(3)19-8-14-37(55)45-2)40(58)15-7-13-39(57)47-18-10-24-62-28-30-64-29-27-61-23-9-17-46-38(56)12-6-5-11-36-41-34(32-65-36)48-44(59)49-41;1-2/h8,14,33-34,36,41,43H,5-7,9-13,15-32H2,1-4H3,(H,45,55)(H,46,56)(H,47,57)(H2,48,49,59);1-2H3/b14-8+;/t33-,34-,36-,41-,43+;/m0./s1. The number of likely N-dealkylation sites (N-methyl/N-ethyl adjacent to an activating group) is 2. The molecule has 1 aromatic heterocycles. The van der Waals surface area contributed by atoms with Crippen molar-refractivity contribution in [3.63, 3.8) is 0 Å². The normalized spacial score (nSPS) is 20.0. The quantitative estimate of drug-likeness (QED) is 0.0387. The van der Waals surface area contributed by atoms with Crippen LogP contribution in [-0.2, 0) is 55.8 Å². The average Bonchev–Trinajstić information content (AvgIpc) is 4.01. The minimum atomic E-state index is -0.307. The first-order valence-electron chi connectivity index (χ1n) is 24.4. The molecule has 2 saturated heterocycles. The lowest BCUT2D eigenvalue weighted by molar-refractivity contribution is -0.133. The number of nitrogens with one attached hydrogen (secondary N) is 5. The van der Waals surface area contributed by atoms with Gasteiger partial charge in [-0.25, -0.2) is 9.48 Å². The van der Waals surface area contributed by atoms with Gasteiger partial charge in [0.2, 0.25) is 23.6 Å². The number of carbonyl (C=O) groups is 5. The number of fused-ring (bicyclic) bond motifs is 2. The van der Waals surface area contributed by atoms with E-state index in [4.69, 9.17) is 23.7 Å². The first-order valence-corrected chi connectivity index (χ1v) is 25.5. The molecule has 0 saturated carbocycles. The Morgan fingerprint density at radius 2 is 1.52 bits per heavy atom. The molecular weight excluding hydrogens is 885 g/mol. The summed E-state index contributed by atoms with van der Waals surface area (Å²) in [6, 6.07) is 0.385. The Morgan fingerprint density at radius 3 is 2.19 bits per heavy atom. The second-order valence-electron chi connectivity index (χ2n) is 16.7. The summed E-state index contributed by atoms with van der Waals surface area (Å²) in [5.74, 6) is 0.807. The molecule has 0 bridgehead atoms. The Balaban J connectivity index is 0.00000587. The van der Waals surface area contributed by atoms with Crippen LogP contribution in [0.1, 0.15) is 96.1 Å². The molecule has 0 spiro atoms. The van der Waals surface area contributed by atoms with E-state index in [1.165, 1.54) is 6.08 Å². The summed E-state index contributed by atoms with van der Waals surface area (Å²) < 4.78 is 30.4. The van der Waals surface area contributed by atoms with Crippen molar-refractivity contribution in [2.24, 2.45) is 5.92 Å². The zero-order chi connectivity index (χ0) is 48.7. The minimum absolute atomic E-state index is 0.00716. The van der Waals surface area contributed by atoms with E-state index < -0.39 is 0 Å². The fraction of sp³-hybridized carbons (Fsp3) is 0.804. The molecule has 3 aliphatic heterocycles. The van der Waals surface area contributed by atoms with Gasteiger partial charge in [0.05, 0.1) is 64.0 Å². The summed E-state index contributed by atoms with van der Waals surface area (Å²) in [4.78, 5) is 64.8. The highest BCUT2D eigenvalue weighted by molar-refractivity contribution is 8.00. The highest BCUT2D eigenvalue weighted by atomic mass is 32.2. The summed E-state index contributed by atoms with van der Waals surface area (Å²) in [6.45, 7) is 13.9. The van der Waals surface area contributed by atoms with E-state index in [9.17, 15) is 24.0 Å². The number of hydrogen-bond acceptors (Lipinski definition) is 14. The van der Waals surface area contributed by atoms with Crippen LogP contribution in [0.4, 0.5) is 4.79 Å². The van der Waals surface area contributed by atoms with Crippen molar-refractivity contribution in [2.75, 3.05) is 119 Å². The van der Waals surface area contributed by atoms with Crippen LogP contribution in [0, 0.1) is 5.92 Å². The molecule has 0 radical (unpaired) electrons. The maximum atomic E-state index is 13.4. The minimum Gasteiger partial charge on any atom is -0.379 e. The number of unbranched alkanes of at least 4 members (excludes halogenated alkanes) is 1. The maximum Gasteiger partial charge on any atom is 0.315 e. The van der Waals surface area contributed by atoms with E-state index in [1.54, 1.807) is 14.2 Å². The van der Waals surface area contributed by atoms with Gasteiger partial charge >= 0.3 is 6.03 Å². The van der Waals surface area contributed by atoms with Crippen molar-refractivity contribution < 1.29 is 47.7 Å². The van der Waals surface area contributed by atoms with Crippen molar-refractivity contribution in [1.29, 1.82) is 0 Å². The van der Waals surface area contributed by atoms with Crippen LogP contribution in [0.3, 0.4) is 0 Å². The number of amides is 6. The molecule has 2 fully saturated rings. The SMILES string of the molecule is CC.CNC(=O)/C=C/CN(C)CCOCCn1nnc2c1CCN(C(=O)CCCC(=O)NCCCOCCOCCOCCCNC(=O)CCCC[C@@H]1SC[C@@H]3NC(=O)N[C@@H]31)C[C@H](C)[C@H]2OC. The van der Waals surface area contributed by atoms with Crippen LogP contribution in [-0.4, -0.2) is 191 Å². The molecule has 0 unspecified atom stereocenters. The molecule has 0 aromatic carbocycles. The smallest absolute Gasteiger partial charge is 0.315 e. The lowest BCUT2D eigenvalue weighted by Crippen LogP contribution is -2.40. The van der Waals surface area contributed by atoms with Gasteiger partial charge in [0.1, 0.15) is 11.8 Å². The molecule has 21 heteroatoms. The second kappa shape index (κ2) is 34.4. The van der Waals surface area contributed by atoms with E-state index in [0.29, 0.717) is 130 Å². The second-order valence-corrected chi connectivity index (χ2v) is 18.0. The van der Waals surface area contributed by atoms with Crippen molar-refractivity contribution in [3.8, 4) is 0 Å². The molecule has 5 atom stereocenters. The third-order valence-electron chi connectivity index (χ3n) is 11.6. The van der Waals surface area contributed by atoms with Gasteiger partial charge in [-0.2, -0.15) is 11.8 Å².